The van der Waals surface area contributed by atoms with Gasteiger partial charge in [-0.25, -0.2) is 14.4 Å². The van der Waals surface area contributed by atoms with Crippen LogP contribution in [0, 0.1) is 12.7 Å². The van der Waals surface area contributed by atoms with Gasteiger partial charge in [-0.1, -0.05) is 19.1 Å². The molecule has 2 heterocycles. The second kappa shape index (κ2) is 7.47. The van der Waals surface area contributed by atoms with E-state index in [9.17, 15) is 9.18 Å². The first kappa shape index (κ1) is 17.8. The van der Waals surface area contributed by atoms with E-state index in [1.807, 2.05) is 32.0 Å². The third-order valence-corrected chi connectivity index (χ3v) is 4.25. The van der Waals surface area contributed by atoms with E-state index < -0.39 is 0 Å². The van der Waals surface area contributed by atoms with Crippen molar-refractivity contribution in [2.45, 2.75) is 33.2 Å². The molecule has 3 aromatic rings. The summed E-state index contributed by atoms with van der Waals surface area (Å²) in [5, 5.41) is 3.25. The van der Waals surface area contributed by atoms with Gasteiger partial charge in [0.05, 0.1) is 6.04 Å². The zero-order valence-corrected chi connectivity index (χ0v) is 15.0. The summed E-state index contributed by atoms with van der Waals surface area (Å²) < 4.78 is 13.7. The third kappa shape index (κ3) is 3.96. The molecule has 2 N–H and O–H groups in total. The lowest BCUT2D eigenvalue weighted by Gasteiger charge is -2.15. The van der Waals surface area contributed by atoms with Crippen LogP contribution >= 0.6 is 0 Å². The molecule has 3 rings (SSSR count). The number of pyridine rings is 1. The van der Waals surface area contributed by atoms with Gasteiger partial charge in [0.15, 0.2) is 0 Å². The quantitative estimate of drug-likeness (QED) is 0.728. The van der Waals surface area contributed by atoms with Crippen molar-refractivity contribution in [3.63, 3.8) is 0 Å². The lowest BCUT2D eigenvalue weighted by molar-refractivity contribution is 0.614. The van der Waals surface area contributed by atoms with Gasteiger partial charge < -0.3 is 10.3 Å². The molecule has 0 radical (unpaired) electrons. The number of halogens is 1. The molecule has 0 aliphatic heterocycles. The average molecular weight is 352 g/mol. The molecule has 2 aromatic heterocycles. The Kier molecular flexibility index (Phi) is 5.11. The summed E-state index contributed by atoms with van der Waals surface area (Å²) in [6.45, 7) is 5.64. The highest BCUT2D eigenvalue weighted by Gasteiger charge is 2.09. The Labute approximate surface area is 151 Å². The molecule has 134 valence electrons. The normalized spacial score (nSPS) is 12.0. The van der Waals surface area contributed by atoms with E-state index >= 15 is 0 Å². The highest BCUT2D eigenvalue weighted by atomic mass is 19.1. The maximum Gasteiger partial charge on any atom is 0.251 e. The van der Waals surface area contributed by atoms with Crippen molar-refractivity contribution in [2.24, 2.45) is 0 Å². The fraction of sp³-hybridized carbons (Fsp3) is 0.250. The van der Waals surface area contributed by atoms with Crippen LogP contribution in [-0.2, 0) is 6.42 Å². The smallest absolute Gasteiger partial charge is 0.251 e. The molecule has 0 saturated heterocycles. The summed E-state index contributed by atoms with van der Waals surface area (Å²) in [5.41, 5.74) is 2.77. The second-order valence-corrected chi connectivity index (χ2v) is 6.25. The van der Waals surface area contributed by atoms with Gasteiger partial charge in [0.2, 0.25) is 0 Å². The van der Waals surface area contributed by atoms with E-state index in [1.54, 1.807) is 19.2 Å². The molecule has 1 atom stereocenters. The van der Waals surface area contributed by atoms with Crippen LogP contribution in [0.5, 0.6) is 0 Å². The monoisotopic (exact) mass is 352 g/mol. The summed E-state index contributed by atoms with van der Waals surface area (Å²) in [5.74, 6) is 0.948. The third-order valence-electron chi connectivity index (χ3n) is 4.25. The number of nitrogens with zero attached hydrogens (tertiary/aromatic N) is 2. The fourth-order valence-corrected chi connectivity index (χ4v) is 2.63. The van der Waals surface area contributed by atoms with Crippen LogP contribution in [0.25, 0.3) is 11.4 Å². The number of nitrogens with one attached hydrogen (secondary N) is 2. The Balaban J connectivity index is 1.78. The number of hydrogen-bond acceptors (Lipinski definition) is 4. The van der Waals surface area contributed by atoms with Crippen LogP contribution in [0.1, 0.15) is 36.7 Å². The zero-order chi connectivity index (χ0) is 18.7. The van der Waals surface area contributed by atoms with Crippen LogP contribution in [0.2, 0.25) is 0 Å². The van der Waals surface area contributed by atoms with E-state index in [2.05, 4.69) is 20.3 Å². The summed E-state index contributed by atoms with van der Waals surface area (Å²) in [7, 11) is 0. The Morgan fingerprint density at radius 3 is 2.69 bits per heavy atom. The van der Waals surface area contributed by atoms with E-state index in [-0.39, 0.29) is 17.4 Å². The standard InChI is InChI=1S/C20H21FN4O/c1-4-16-10-19(26)25-20(24-16)15-7-8-18(22-11-15)23-13(3)14-6-5-12(2)17(21)9-14/h5-11,13H,4H2,1-3H3,(H,22,23)(H,24,25,26). The van der Waals surface area contributed by atoms with Gasteiger partial charge >= 0.3 is 0 Å². The minimum atomic E-state index is -0.217. The maximum absolute atomic E-state index is 13.7. The predicted octanol–water partition coefficient (Wildman–Crippen LogP) is 4.01. The van der Waals surface area contributed by atoms with Crippen molar-refractivity contribution < 1.29 is 4.39 Å². The van der Waals surface area contributed by atoms with Crippen molar-refractivity contribution in [1.29, 1.82) is 0 Å². The van der Waals surface area contributed by atoms with Crippen LogP contribution in [0.3, 0.4) is 0 Å². The molecule has 5 nitrogen and oxygen atoms in total. The zero-order valence-electron chi connectivity index (χ0n) is 15.0. The molecule has 0 aliphatic rings. The number of hydrogen-bond donors (Lipinski definition) is 2. The van der Waals surface area contributed by atoms with E-state index in [0.717, 1.165) is 16.8 Å². The number of benzene rings is 1. The van der Waals surface area contributed by atoms with Crippen LogP contribution in [0.4, 0.5) is 10.2 Å². The topological polar surface area (TPSA) is 70.7 Å². The Morgan fingerprint density at radius 1 is 1.23 bits per heavy atom. The molecular formula is C20H21FN4O. The van der Waals surface area contributed by atoms with Crippen molar-refractivity contribution in [2.75, 3.05) is 5.32 Å². The van der Waals surface area contributed by atoms with Gasteiger partial charge in [0, 0.05) is 23.5 Å². The lowest BCUT2D eigenvalue weighted by Crippen LogP contribution is -2.10. The minimum Gasteiger partial charge on any atom is -0.364 e. The summed E-state index contributed by atoms with van der Waals surface area (Å²) in [4.78, 5) is 23.2. The summed E-state index contributed by atoms with van der Waals surface area (Å²) in [6.07, 6.45) is 2.34. The highest BCUT2D eigenvalue weighted by Crippen LogP contribution is 2.21. The van der Waals surface area contributed by atoms with Crippen molar-refractivity contribution in [3.8, 4) is 11.4 Å². The van der Waals surface area contributed by atoms with Crippen molar-refractivity contribution in [1.82, 2.24) is 15.0 Å². The number of H-pyrrole nitrogens is 1. The largest absolute Gasteiger partial charge is 0.364 e. The first-order chi connectivity index (χ1) is 12.5. The van der Waals surface area contributed by atoms with Gasteiger partial charge in [-0.3, -0.25) is 4.79 Å². The highest BCUT2D eigenvalue weighted by molar-refractivity contribution is 5.56. The van der Waals surface area contributed by atoms with Crippen molar-refractivity contribution in [3.05, 3.63) is 75.6 Å². The Bertz CT molecular complexity index is 966. The van der Waals surface area contributed by atoms with Crippen LogP contribution < -0.4 is 10.9 Å². The molecule has 0 saturated carbocycles. The van der Waals surface area contributed by atoms with Crippen LogP contribution in [0.15, 0.2) is 47.4 Å². The average Bonchev–Trinajstić information content (AvgIpc) is 2.64. The molecule has 26 heavy (non-hydrogen) atoms. The van der Waals surface area contributed by atoms with Gasteiger partial charge in [-0.15, -0.1) is 0 Å². The molecule has 0 spiro atoms. The van der Waals surface area contributed by atoms with Gasteiger partial charge in [0.25, 0.3) is 5.56 Å². The van der Waals surface area contributed by atoms with E-state index in [1.165, 1.54) is 12.1 Å². The number of rotatable bonds is 5. The molecule has 0 bridgehead atoms. The summed E-state index contributed by atoms with van der Waals surface area (Å²) in [6, 6.07) is 10.3. The first-order valence-corrected chi connectivity index (χ1v) is 8.55. The molecule has 0 fully saturated rings. The lowest BCUT2D eigenvalue weighted by atomic mass is 10.1. The molecule has 6 heteroatoms. The fourth-order valence-electron chi connectivity index (χ4n) is 2.63. The summed E-state index contributed by atoms with van der Waals surface area (Å²) >= 11 is 0. The van der Waals surface area contributed by atoms with E-state index in [4.69, 9.17) is 0 Å². The second-order valence-electron chi connectivity index (χ2n) is 6.25. The number of aromatic nitrogens is 3. The molecule has 1 unspecified atom stereocenters. The molecular weight excluding hydrogens is 331 g/mol. The molecule has 1 aromatic carbocycles. The molecule has 0 amide bonds. The SMILES string of the molecule is CCc1cc(=O)[nH]c(-c2ccc(NC(C)c3ccc(C)c(F)c3)nc2)n1. The Morgan fingerprint density at radius 2 is 2.04 bits per heavy atom. The molecule has 0 aliphatic carbocycles. The predicted molar refractivity (Wildman–Crippen MR) is 101 cm³/mol. The number of anilines is 1. The van der Waals surface area contributed by atoms with Crippen molar-refractivity contribution >= 4 is 5.82 Å². The van der Waals surface area contributed by atoms with Crippen LogP contribution in [-0.4, -0.2) is 15.0 Å². The maximum atomic E-state index is 13.7. The number of aryl methyl sites for hydroxylation is 2. The minimum absolute atomic E-state index is 0.0928. The first-order valence-electron chi connectivity index (χ1n) is 8.55. The number of aromatic amines is 1. The van der Waals surface area contributed by atoms with E-state index in [0.29, 0.717) is 23.6 Å². The van der Waals surface area contributed by atoms with Gasteiger partial charge in [0.1, 0.15) is 17.5 Å². The van der Waals surface area contributed by atoms with Gasteiger partial charge in [-0.2, -0.15) is 0 Å². The van der Waals surface area contributed by atoms with Gasteiger partial charge in [-0.05, 0) is 49.6 Å². The Hall–Kier alpha value is -3.02.